The maximum Gasteiger partial charge on any atom is 0.251 e. The highest BCUT2D eigenvalue weighted by Gasteiger charge is 2.24. The number of nitrogens with one attached hydrogen (secondary N) is 3. The molecule has 3 N–H and O–H groups in total. The van der Waals surface area contributed by atoms with E-state index in [2.05, 4.69) is 15.4 Å². The molecule has 0 saturated heterocycles. The van der Waals surface area contributed by atoms with Crippen molar-refractivity contribution in [2.24, 2.45) is 11.8 Å². The summed E-state index contributed by atoms with van der Waals surface area (Å²) in [5.41, 5.74) is 0.268. The molecule has 138 valence electrons. The van der Waals surface area contributed by atoms with E-state index in [1.165, 1.54) is 12.1 Å². The Balaban J connectivity index is 1.88. The van der Waals surface area contributed by atoms with Crippen LogP contribution in [0.2, 0.25) is 0 Å². The molecule has 0 heterocycles. The van der Waals surface area contributed by atoms with Crippen molar-refractivity contribution in [2.75, 3.05) is 19.6 Å². The predicted molar refractivity (Wildman–Crippen MR) is 94.5 cm³/mol. The number of hydrogen-bond acceptors (Lipinski definition) is 4. The lowest BCUT2D eigenvalue weighted by Crippen LogP contribution is -2.36. The summed E-state index contributed by atoms with van der Waals surface area (Å²) in [4.78, 5) is 23.6. The van der Waals surface area contributed by atoms with Gasteiger partial charge >= 0.3 is 0 Å². The van der Waals surface area contributed by atoms with Crippen LogP contribution in [-0.4, -0.2) is 39.9 Å². The average molecular weight is 367 g/mol. The van der Waals surface area contributed by atoms with Crippen LogP contribution >= 0.6 is 0 Å². The van der Waals surface area contributed by atoms with Crippen LogP contribution in [0, 0.1) is 11.8 Å². The van der Waals surface area contributed by atoms with E-state index in [1.54, 1.807) is 26.0 Å². The van der Waals surface area contributed by atoms with Gasteiger partial charge in [-0.25, -0.2) is 13.1 Å². The number of rotatable bonds is 9. The van der Waals surface area contributed by atoms with Gasteiger partial charge in [-0.15, -0.1) is 0 Å². The van der Waals surface area contributed by atoms with Crippen LogP contribution < -0.4 is 15.4 Å². The molecule has 1 aromatic carbocycles. The maximum atomic E-state index is 12.2. The van der Waals surface area contributed by atoms with E-state index in [1.807, 2.05) is 0 Å². The Kier molecular flexibility index (Phi) is 6.55. The van der Waals surface area contributed by atoms with E-state index in [4.69, 9.17) is 0 Å². The van der Waals surface area contributed by atoms with Crippen LogP contribution in [0.15, 0.2) is 29.2 Å². The summed E-state index contributed by atoms with van der Waals surface area (Å²) in [6, 6.07) is 5.93. The standard InChI is InChI=1S/C17H25N3O4S/c1-12(2)16(21)18-8-9-19-17(22)14-4-3-5-15(10-14)25(23,24)20-11-13-6-7-13/h3-5,10,12-13,20H,6-9,11H2,1-2H3,(H,18,21)(H,19,22). The van der Waals surface area contributed by atoms with Gasteiger partial charge in [0.25, 0.3) is 5.91 Å². The second kappa shape index (κ2) is 8.44. The van der Waals surface area contributed by atoms with Crippen LogP contribution in [0.25, 0.3) is 0 Å². The zero-order valence-electron chi connectivity index (χ0n) is 14.5. The summed E-state index contributed by atoms with van der Waals surface area (Å²) in [5.74, 6) is -0.134. The van der Waals surface area contributed by atoms with Gasteiger partial charge in [0.05, 0.1) is 4.90 Å². The van der Waals surface area contributed by atoms with Crippen LogP contribution in [0.5, 0.6) is 0 Å². The molecule has 0 spiro atoms. The van der Waals surface area contributed by atoms with Crippen LogP contribution in [0.3, 0.4) is 0 Å². The third kappa shape index (κ3) is 6.13. The van der Waals surface area contributed by atoms with Gasteiger partial charge in [0.2, 0.25) is 15.9 Å². The minimum absolute atomic E-state index is 0.0777. The molecule has 0 radical (unpaired) electrons. The molecule has 2 rings (SSSR count). The molecule has 1 fully saturated rings. The molecule has 0 atom stereocenters. The summed E-state index contributed by atoms with van der Waals surface area (Å²) in [6.07, 6.45) is 2.11. The maximum absolute atomic E-state index is 12.2. The first kappa shape index (κ1) is 19.4. The van der Waals surface area contributed by atoms with Gasteiger partial charge in [0.15, 0.2) is 0 Å². The second-order valence-electron chi connectivity index (χ2n) is 6.52. The SMILES string of the molecule is CC(C)C(=O)NCCNC(=O)c1cccc(S(=O)(=O)NCC2CC2)c1. The van der Waals surface area contributed by atoms with Gasteiger partial charge in [-0.3, -0.25) is 9.59 Å². The van der Waals surface area contributed by atoms with Gasteiger partial charge in [-0.05, 0) is 37.0 Å². The Hall–Kier alpha value is -1.93. The van der Waals surface area contributed by atoms with E-state index in [9.17, 15) is 18.0 Å². The lowest BCUT2D eigenvalue weighted by Gasteiger charge is -2.10. The zero-order chi connectivity index (χ0) is 18.4. The summed E-state index contributed by atoms with van der Waals surface area (Å²) < 4.78 is 27.1. The number of benzene rings is 1. The third-order valence-corrected chi connectivity index (χ3v) is 5.32. The zero-order valence-corrected chi connectivity index (χ0v) is 15.4. The number of sulfonamides is 1. The summed E-state index contributed by atoms with van der Waals surface area (Å²) in [7, 11) is -3.60. The minimum Gasteiger partial charge on any atom is -0.354 e. The Morgan fingerprint density at radius 1 is 1.16 bits per heavy atom. The number of amides is 2. The molecular formula is C17H25N3O4S. The number of hydrogen-bond donors (Lipinski definition) is 3. The first-order valence-electron chi connectivity index (χ1n) is 8.45. The summed E-state index contributed by atoms with van der Waals surface area (Å²) in [6.45, 7) is 4.61. The lowest BCUT2D eigenvalue weighted by atomic mass is 10.2. The van der Waals surface area contributed by atoms with Crippen molar-refractivity contribution in [1.82, 2.24) is 15.4 Å². The highest BCUT2D eigenvalue weighted by atomic mass is 32.2. The Bertz CT molecular complexity index is 727. The first-order valence-corrected chi connectivity index (χ1v) is 9.93. The van der Waals surface area contributed by atoms with Crippen molar-refractivity contribution in [3.8, 4) is 0 Å². The molecule has 0 unspecified atom stereocenters. The van der Waals surface area contributed by atoms with Gasteiger partial charge in [0, 0.05) is 31.1 Å². The van der Waals surface area contributed by atoms with Crippen LogP contribution in [-0.2, 0) is 14.8 Å². The normalized spacial score (nSPS) is 14.4. The van der Waals surface area contributed by atoms with Gasteiger partial charge in [-0.1, -0.05) is 19.9 Å². The van der Waals surface area contributed by atoms with E-state index in [-0.39, 0.29) is 34.7 Å². The minimum atomic E-state index is -3.60. The number of carbonyl (C=O) groups is 2. The van der Waals surface area contributed by atoms with E-state index in [0.717, 1.165) is 12.8 Å². The third-order valence-electron chi connectivity index (χ3n) is 3.90. The van der Waals surface area contributed by atoms with Crippen molar-refractivity contribution in [1.29, 1.82) is 0 Å². The molecular weight excluding hydrogens is 342 g/mol. The van der Waals surface area contributed by atoms with Crippen molar-refractivity contribution >= 4 is 21.8 Å². The monoisotopic (exact) mass is 367 g/mol. The van der Waals surface area contributed by atoms with Crippen LogP contribution in [0.1, 0.15) is 37.0 Å². The van der Waals surface area contributed by atoms with Crippen molar-refractivity contribution < 1.29 is 18.0 Å². The predicted octanol–water partition coefficient (Wildman–Crippen LogP) is 0.877. The van der Waals surface area contributed by atoms with Gasteiger partial charge in [-0.2, -0.15) is 0 Å². The highest BCUT2D eigenvalue weighted by Crippen LogP contribution is 2.28. The lowest BCUT2D eigenvalue weighted by molar-refractivity contribution is -0.123. The molecule has 1 saturated carbocycles. The Morgan fingerprint density at radius 2 is 1.84 bits per heavy atom. The van der Waals surface area contributed by atoms with E-state index in [0.29, 0.717) is 19.0 Å². The summed E-state index contributed by atoms with van der Waals surface area (Å²) >= 11 is 0. The van der Waals surface area contributed by atoms with E-state index < -0.39 is 10.0 Å². The van der Waals surface area contributed by atoms with Crippen molar-refractivity contribution in [2.45, 2.75) is 31.6 Å². The second-order valence-corrected chi connectivity index (χ2v) is 8.29. The molecule has 8 heteroatoms. The molecule has 25 heavy (non-hydrogen) atoms. The number of carbonyl (C=O) groups excluding carboxylic acids is 2. The molecule has 1 aliphatic rings. The molecule has 1 aliphatic carbocycles. The van der Waals surface area contributed by atoms with Crippen LogP contribution in [0.4, 0.5) is 0 Å². The van der Waals surface area contributed by atoms with Crippen molar-refractivity contribution in [3.05, 3.63) is 29.8 Å². The highest BCUT2D eigenvalue weighted by molar-refractivity contribution is 7.89. The molecule has 0 bridgehead atoms. The smallest absolute Gasteiger partial charge is 0.251 e. The van der Waals surface area contributed by atoms with Gasteiger partial charge in [0.1, 0.15) is 0 Å². The fraction of sp³-hybridized carbons (Fsp3) is 0.529. The first-order chi connectivity index (χ1) is 11.8. The summed E-state index contributed by atoms with van der Waals surface area (Å²) in [5, 5.41) is 5.36. The topological polar surface area (TPSA) is 104 Å². The van der Waals surface area contributed by atoms with Crippen molar-refractivity contribution in [3.63, 3.8) is 0 Å². The Labute approximate surface area is 148 Å². The quantitative estimate of drug-likeness (QED) is 0.564. The molecule has 7 nitrogen and oxygen atoms in total. The largest absolute Gasteiger partial charge is 0.354 e. The average Bonchev–Trinajstić information content (AvgIpc) is 3.41. The molecule has 1 aromatic rings. The molecule has 0 aliphatic heterocycles. The molecule has 2 amide bonds. The van der Waals surface area contributed by atoms with E-state index >= 15 is 0 Å². The fourth-order valence-corrected chi connectivity index (χ4v) is 3.27. The Morgan fingerprint density at radius 3 is 2.48 bits per heavy atom. The van der Waals surface area contributed by atoms with Gasteiger partial charge < -0.3 is 10.6 Å². The fourth-order valence-electron chi connectivity index (χ4n) is 2.11. The molecule has 0 aromatic heterocycles.